The van der Waals surface area contributed by atoms with Crippen LogP contribution in [0.4, 0.5) is 13.2 Å². The van der Waals surface area contributed by atoms with Crippen molar-refractivity contribution in [3.8, 4) is 0 Å². The van der Waals surface area contributed by atoms with E-state index < -0.39 is 25.3 Å². The molecule has 5 heteroatoms. The quantitative estimate of drug-likeness (QED) is 0.608. The standard InChI is InChI=1S/C4H6F3O2/c5-4(6,7)1-3(9)2-8/h3,9H,1-2H2. The summed E-state index contributed by atoms with van der Waals surface area (Å²) in [6, 6.07) is 0. The van der Waals surface area contributed by atoms with E-state index >= 15 is 0 Å². The highest BCUT2D eigenvalue weighted by Crippen LogP contribution is 2.20. The van der Waals surface area contributed by atoms with Gasteiger partial charge in [0.25, 0.3) is 0 Å². The molecule has 55 valence electrons. The molecule has 0 amide bonds. The van der Waals surface area contributed by atoms with Crippen molar-refractivity contribution in [2.45, 2.75) is 18.7 Å². The Balaban J connectivity index is 3.47. The predicted octanol–water partition coefficient (Wildman–Crippen LogP) is 0.730. The van der Waals surface area contributed by atoms with Gasteiger partial charge in [-0.15, -0.1) is 0 Å². The second-order valence-electron chi connectivity index (χ2n) is 1.64. The molecular formula is C4H6F3O2. The first-order chi connectivity index (χ1) is 3.95. The molecule has 0 aliphatic carbocycles. The van der Waals surface area contributed by atoms with Crippen LogP contribution in [-0.2, 0) is 5.11 Å². The van der Waals surface area contributed by atoms with Crippen LogP contribution in [0.15, 0.2) is 0 Å². The summed E-state index contributed by atoms with van der Waals surface area (Å²) < 4.78 is 33.6. The van der Waals surface area contributed by atoms with E-state index in [2.05, 4.69) is 0 Å². The van der Waals surface area contributed by atoms with E-state index in [4.69, 9.17) is 5.11 Å². The monoisotopic (exact) mass is 143 g/mol. The van der Waals surface area contributed by atoms with E-state index in [0.717, 1.165) is 0 Å². The van der Waals surface area contributed by atoms with E-state index in [1.165, 1.54) is 0 Å². The van der Waals surface area contributed by atoms with E-state index in [-0.39, 0.29) is 0 Å². The predicted molar refractivity (Wildman–Crippen MR) is 22.2 cm³/mol. The normalized spacial score (nSPS) is 15.7. The molecule has 1 N–H and O–H groups in total. The molecule has 0 aromatic rings. The lowest BCUT2D eigenvalue weighted by atomic mass is 10.3. The first-order valence-electron chi connectivity index (χ1n) is 2.28. The molecule has 1 radical (unpaired) electrons. The van der Waals surface area contributed by atoms with Crippen LogP contribution in [0, 0.1) is 0 Å². The molecule has 9 heavy (non-hydrogen) atoms. The van der Waals surface area contributed by atoms with Crippen LogP contribution >= 0.6 is 0 Å². The summed E-state index contributed by atoms with van der Waals surface area (Å²) in [6.45, 7) is -1.10. The fourth-order valence-corrected chi connectivity index (χ4v) is 0.326. The summed E-state index contributed by atoms with van der Waals surface area (Å²) in [7, 11) is 0. The Kier molecular flexibility index (Phi) is 2.93. The van der Waals surface area contributed by atoms with E-state index in [1.807, 2.05) is 0 Å². The van der Waals surface area contributed by atoms with Crippen molar-refractivity contribution in [3.05, 3.63) is 0 Å². The van der Waals surface area contributed by atoms with Crippen molar-refractivity contribution in [1.82, 2.24) is 0 Å². The Morgan fingerprint density at radius 3 is 2.00 bits per heavy atom. The second kappa shape index (κ2) is 3.03. The lowest BCUT2D eigenvalue weighted by Crippen LogP contribution is -2.21. The Bertz CT molecular complexity index is 80.4. The average molecular weight is 143 g/mol. The van der Waals surface area contributed by atoms with Crippen molar-refractivity contribution >= 4 is 0 Å². The molecule has 0 rings (SSSR count). The van der Waals surface area contributed by atoms with Crippen molar-refractivity contribution in [2.75, 3.05) is 6.61 Å². The highest BCUT2D eigenvalue weighted by molar-refractivity contribution is 4.58. The molecule has 1 unspecified atom stereocenters. The minimum absolute atomic E-state index is 1.10. The van der Waals surface area contributed by atoms with Gasteiger partial charge in [-0.3, -0.25) is 0 Å². The van der Waals surface area contributed by atoms with Gasteiger partial charge in [0.05, 0.1) is 12.5 Å². The summed E-state index contributed by atoms with van der Waals surface area (Å²) in [5.41, 5.74) is 0. The summed E-state index contributed by atoms with van der Waals surface area (Å²) in [4.78, 5) is 0. The van der Waals surface area contributed by atoms with Crippen LogP contribution < -0.4 is 0 Å². The first-order valence-corrected chi connectivity index (χ1v) is 2.28. The minimum Gasteiger partial charge on any atom is -0.390 e. The SMILES string of the molecule is [O]CC(O)CC(F)(F)F. The van der Waals surface area contributed by atoms with E-state index in [1.54, 1.807) is 0 Å². The highest BCUT2D eigenvalue weighted by Gasteiger charge is 2.30. The van der Waals surface area contributed by atoms with Gasteiger partial charge in [0.1, 0.15) is 6.61 Å². The summed E-state index contributed by atoms with van der Waals surface area (Å²) in [6.07, 6.45) is -7.62. The van der Waals surface area contributed by atoms with Crippen LogP contribution in [0.1, 0.15) is 6.42 Å². The molecule has 0 spiro atoms. The Morgan fingerprint density at radius 2 is 1.89 bits per heavy atom. The lowest BCUT2D eigenvalue weighted by Gasteiger charge is -2.08. The molecule has 2 nitrogen and oxygen atoms in total. The zero-order chi connectivity index (χ0) is 7.49. The van der Waals surface area contributed by atoms with Gasteiger partial charge < -0.3 is 5.11 Å². The third-order valence-electron chi connectivity index (χ3n) is 0.659. The maximum atomic E-state index is 11.2. The van der Waals surface area contributed by atoms with Gasteiger partial charge in [0, 0.05) is 0 Å². The van der Waals surface area contributed by atoms with Crippen LogP contribution in [0.5, 0.6) is 0 Å². The largest absolute Gasteiger partial charge is 0.391 e. The topological polar surface area (TPSA) is 40.1 Å². The zero-order valence-electron chi connectivity index (χ0n) is 4.48. The van der Waals surface area contributed by atoms with Gasteiger partial charge in [-0.25, -0.2) is 5.11 Å². The molecular weight excluding hydrogens is 137 g/mol. The lowest BCUT2D eigenvalue weighted by molar-refractivity contribution is -0.159. The second-order valence-corrected chi connectivity index (χ2v) is 1.64. The number of alkyl halides is 3. The Labute approximate surface area is 49.9 Å². The molecule has 0 aliphatic heterocycles. The van der Waals surface area contributed by atoms with Crippen molar-refractivity contribution in [2.24, 2.45) is 0 Å². The van der Waals surface area contributed by atoms with Gasteiger partial charge in [-0.2, -0.15) is 13.2 Å². The van der Waals surface area contributed by atoms with Crippen LogP contribution in [0.2, 0.25) is 0 Å². The Morgan fingerprint density at radius 1 is 1.44 bits per heavy atom. The third-order valence-corrected chi connectivity index (χ3v) is 0.659. The van der Waals surface area contributed by atoms with E-state index in [0.29, 0.717) is 0 Å². The average Bonchev–Trinajstić information content (AvgIpc) is 1.62. The number of hydrogen-bond acceptors (Lipinski definition) is 1. The maximum Gasteiger partial charge on any atom is 0.391 e. The molecule has 0 fully saturated rings. The van der Waals surface area contributed by atoms with Crippen molar-refractivity contribution in [3.63, 3.8) is 0 Å². The van der Waals surface area contributed by atoms with Gasteiger partial charge in [0.15, 0.2) is 0 Å². The smallest absolute Gasteiger partial charge is 0.390 e. The van der Waals surface area contributed by atoms with E-state index in [9.17, 15) is 18.3 Å². The van der Waals surface area contributed by atoms with Crippen LogP contribution in [0.25, 0.3) is 0 Å². The summed E-state index contributed by atoms with van der Waals surface area (Å²) >= 11 is 0. The molecule has 0 bridgehead atoms. The van der Waals surface area contributed by atoms with Crippen LogP contribution in [-0.4, -0.2) is 24.0 Å². The number of aliphatic hydroxyl groups excluding tert-OH is 1. The molecule has 0 heterocycles. The highest BCUT2D eigenvalue weighted by atomic mass is 19.4. The summed E-state index contributed by atoms with van der Waals surface area (Å²) in [5, 5.41) is 17.7. The van der Waals surface area contributed by atoms with Gasteiger partial charge in [-0.05, 0) is 0 Å². The maximum absolute atomic E-state index is 11.2. The Hall–Kier alpha value is -0.290. The minimum atomic E-state index is -4.43. The molecule has 0 aromatic carbocycles. The molecule has 0 aromatic heterocycles. The number of hydrogen-bond donors (Lipinski definition) is 1. The van der Waals surface area contributed by atoms with Gasteiger partial charge in [0.2, 0.25) is 0 Å². The third kappa shape index (κ3) is 5.58. The molecule has 1 atom stereocenters. The van der Waals surface area contributed by atoms with Gasteiger partial charge in [-0.1, -0.05) is 0 Å². The fraction of sp³-hybridized carbons (Fsp3) is 1.00. The molecule has 0 saturated heterocycles. The first kappa shape index (κ1) is 8.71. The fourth-order valence-electron chi connectivity index (χ4n) is 0.326. The molecule has 0 aliphatic rings. The number of aliphatic hydroxyl groups is 1. The van der Waals surface area contributed by atoms with Gasteiger partial charge >= 0.3 is 6.18 Å². The number of halogens is 3. The zero-order valence-corrected chi connectivity index (χ0v) is 4.48. The molecule has 0 saturated carbocycles. The van der Waals surface area contributed by atoms with Crippen molar-refractivity contribution < 1.29 is 23.4 Å². The number of rotatable bonds is 2. The van der Waals surface area contributed by atoms with Crippen LogP contribution in [0.3, 0.4) is 0 Å². The summed E-state index contributed by atoms with van der Waals surface area (Å²) in [5.74, 6) is 0. The van der Waals surface area contributed by atoms with Crippen molar-refractivity contribution in [1.29, 1.82) is 0 Å².